The predicted molar refractivity (Wildman–Crippen MR) is 24.5 cm³/mol. The first-order valence-electron chi connectivity index (χ1n) is 2.03. The van der Waals surface area contributed by atoms with Gasteiger partial charge in [-0.05, 0) is 5.92 Å². The third-order valence-corrected chi connectivity index (χ3v) is 0.408. The molecule has 0 saturated heterocycles. The Morgan fingerprint density at radius 1 is 1.71 bits per heavy atom. The second-order valence-corrected chi connectivity index (χ2v) is 1.69. The van der Waals surface area contributed by atoms with Crippen molar-refractivity contribution in [1.29, 1.82) is 0 Å². The van der Waals surface area contributed by atoms with Gasteiger partial charge in [-0.3, -0.25) is 5.26 Å². The van der Waals surface area contributed by atoms with Crippen LogP contribution in [0.5, 0.6) is 0 Å². The fourth-order valence-corrected chi connectivity index (χ4v) is 0.149. The molecule has 0 aliphatic carbocycles. The van der Waals surface area contributed by atoms with E-state index in [-0.39, 0.29) is 31.0 Å². The van der Waals surface area contributed by atoms with Gasteiger partial charge in [-0.2, -0.15) is 0 Å². The Hall–Kier alpha value is 0.920. The van der Waals surface area contributed by atoms with Crippen LogP contribution in [0.15, 0.2) is 0 Å². The van der Waals surface area contributed by atoms with Gasteiger partial charge in [-0.15, -0.1) is 0 Å². The van der Waals surface area contributed by atoms with Gasteiger partial charge in [0.25, 0.3) is 0 Å². The molecule has 0 rings (SSSR count). The molecule has 3 heteroatoms. The summed E-state index contributed by atoms with van der Waals surface area (Å²) in [5, 5.41) is 7.74. The monoisotopic (exact) mass is 114 g/mol. The summed E-state index contributed by atoms with van der Waals surface area (Å²) in [6.07, 6.45) is 0. The van der Waals surface area contributed by atoms with Gasteiger partial charge in [-0.25, -0.2) is 4.89 Å². The molecule has 0 aliphatic heterocycles. The Morgan fingerprint density at radius 2 is 2.14 bits per heavy atom. The fraction of sp³-hybridized carbons (Fsp3) is 1.00. The topological polar surface area (TPSA) is 29.5 Å². The van der Waals surface area contributed by atoms with E-state index in [0.717, 1.165) is 0 Å². The van der Waals surface area contributed by atoms with E-state index in [1.807, 2.05) is 13.8 Å². The average Bonchev–Trinajstić information content (AvgIpc) is 1.35. The third kappa shape index (κ3) is 10.9. The first-order chi connectivity index (χ1) is 2.77. The molecule has 40 valence electrons. The van der Waals surface area contributed by atoms with Crippen molar-refractivity contribution in [3.05, 3.63) is 0 Å². The minimum atomic E-state index is 0. The molecule has 0 aromatic rings. The van der Waals surface area contributed by atoms with Crippen LogP contribution in [0.1, 0.15) is 15.3 Å². The van der Waals surface area contributed by atoms with E-state index in [2.05, 4.69) is 4.89 Å². The van der Waals surface area contributed by atoms with Crippen LogP contribution in [0.4, 0.5) is 0 Å². The minimum Gasteiger partial charge on any atom is -1.00 e. The van der Waals surface area contributed by atoms with E-state index in [1.54, 1.807) is 0 Å². The zero-order valence-electron chi connectivity index (χ0n) is 6.14. The molecule has 0 aliphatic rings. The quantitative estimate of drug-likeness (QED) is 0.262. The fourth-order valence-electron chi connectivity index (χ4n) is 0.149. The molecule has 0 spiro atoms. The SMILES string of the molecule is CC(C)COO.[H-].[Na+]. The maximum Gasteiger partial charge on any atom is 1.00 e. The van der Waals surface area contributed by atoms with Crippen LogP contribution < -0.4 is 29.6 Å². The summed E-state index contributed by atoms with van der Waals surface area (Å²) >= 11 is 0. The molecule has 0 aromatic carbocycles. The largest absolute Gasteiger partial charge is 1.00 e. The standard InChI is InChI=1S/C4H10O2.Na.H/c1-4(2)3-6-5;;/h4-5H,3H2,1-2H3;;/q;+1;-1. The average molecular weight is 114 g/mol. The molecule has 1 N–H and O–H groups in total. The maximum absolute atomic E-state index is 7.74. The van der Waals surface area contributed by atoms with Gasteiger partial charge in [0.2, 0.25) is 0 Å². The number of rotatable bonds is 2. The van der Waals surface area contributed by atoms with Crippen molar-refractivity contribution in [2.75, 3.05) is 6.61 Å². The van der Waals surface area contributed by atoms with Gasteiger partial charge >= 0.3 is 29.6 Å². The van der Waals surface area contributed by atoms with E-state index in [0.29, 0.717) is 12.5 Å². The summed E-state index contributed by atoms with van der Waals surface area (Å²) < 4.78 is 0. The molecule has 0 radical (unpaired) electrons. The Balaban J connectivity index is -0.000000125. The normalized spacial score (nSPS) is 8.57. The van der Waals surface area contributed by atoms with Gasteiger partial charge in [0.15, 0.2) is 0 Å². The molecular formula is C4H11NaO2. The summed E-state index contributed by atoms with van der Waals surface area (Å²) in [6.45, 7) is 4.37. The number of hydrogen-bond donors (Lipinski definition) is 1. The second kappa shape index (κ2) is 6.92. The van der Waals surface area contributed by atoms with Crippen molar-refractivity contribution < 1.29 is 41.1 Å². The maximum atomic E-state index is 7.74. The minimum absolute atomic E-state index is 0. The zero-order valence-corrected chi connectivity index (χ0v) is 7.14. The van der Waals surface area contributed by atoms with Crippen molar-refractivity contribution >= 4 is 0 Å². The summed E-state index contributed by atoms with van der Waals surface area (Å²) in [4.78, 5) is 3.80. The third-order valence-electron chi connectivity index (χ3n) is 0.408. The predicted octanol–water partition coefficient (Wildman–Crippen LogP) is -1.75. The molecule has 0 saturated carbocycles. The summed E-state index contributed by atoms with van der Waals surface area (Å²) in [7, 11) is 0. The van der Waals surface area contributed by atoms with E-state index >= 15 is 0 Å². The van der Waals surface area contributed by atoms with Gasteiger partial charge < -0.3 is 1.43 Å². The summed E-state index contributed by atoms with van der Waals surface area (Å²) in [5.74, 6) is 0.426. The van der Waals surface area contributed by atoms with Crippen molar-refractivity contribution in [1.82, 2.24) is 0 Å². The molecule has 0 heterocycles. The number of hydrogen-bond acceptors (Lipinski definition) is 2. The molecule has 0 amide bonds. The molecular weight excluding hydrogens is 103 g/mol. The summed E-state index contributed by atoms with van der Waals surface area (Å²) in [5.41, 5.74) is 0. The Kier molecular flexibility index (Phi) is 10.7. The molecule has 0 atom stereocenters. The van der Waals surface area contributed by atoms with E-state index in [1.165, 1.54) is 0 Å². The first kappa shape index (κ1) is 10.8. The first-order valence-corrected chi connectivity index (χ1v) is 2.03. The van der Waals surface area contributed by atoms with E-state index in [4.69, 9.17) is 5.26 Å². The van der Waals surface area contributed by atoms with Gasteiger partial charge in [0, 0.05) is 0 Å². The zero-order chi connectivity index (χ0) is 4.99. The van der Waals surface area contributed by atoms with Crippen LogP contribution in [-0.2, 0) is 4.89 Å². The molecule has 0 aromatic heterocycles. The van der Waals surface area contributed by atoms with Crippen LogP contribution in [0.2, 0.25) is 0 Å². The van der Waals surface area contributed by atoms with Crippen molar-refractivity contribution in [2.24, 2.45) is 5.92 Å². The molecule has 2 nitrogen and oxygen atoms in total. The van der Waals surface area contributed by atoms with Crippen LogP contribution >= 0.6 is 0 Å². The second-order valence-electron chi connectivity index (χ2n) is 1.69. The van der Waals surface area contributed by atoms with Crippen molar-refractivity contribution in [3.8, 4) is 0 Å². The Bertz CT molecular complexity index is 35.2. The van der Waals surface area contributed by atoms with Crippen LogP contribution in [0.25, 0.3) is 0 Å². The van der Waals surface area contributed by atoms with Crippen molar-refractivity contribution in [3.63, 3.8) is 0 Å². The smallest absolute Gasteiger partial charge is 1.00 e. The molecule has 7 heavy (non-hydrogen) atoms. The van der Waals surface area contributed by atoms with Gasteiger partial charge in [-0.1, -0.05) is 13.8 Å². The van der Waals surface area contributed by atoms with Gasteiger partial charge in [0.1, 0.15) is 0 Å². The van der Waals surface area contributed by atoms with Crippen LogP contribution in [0.3, 0.4) is 0 Å². The van der Waals surface area contributed by atoms with E-state index in [9.17, 15) is 0 Å². The van der Waals surface area contributed by atoms with Crippen molar-refractivity contribution in [2.45, 2.75) is 13.8 Å². The molecule has 0 unspecified atom stereocenters. The molecule has 0 fully saturated rings. The Morgan fingerprint density at radius 3 is 2.14 bits per heavy atom. The van der Waals surface area contributed by atoms with Crippen LogP contribution in [0, 0.1) is 5.92 Å². The van der Waals surface area contributed by atoms with E-state index < -0.39 is 0 Å². The van der Waals surface area contributed by atoms with Crippen LogP contribution in [-0.4, -0.2) is 11.9 Å². The summed E-state index contributed by atoms with van der Waals surface area (Å²) in [6, 6.07) is 0. The molecule has 0 bridgehead atoms. The van der Waals surface area contributed by atoms with Gasteiger partial charge in [0.05, 0.1) is 6.61 Å². The Labute approximate surface area is 67.6 Å².